The second kappa shape index (κ2) is 8.83. The first-order chi connectivity index (χ1) is 13.5. The van der Waals surface area contributed by atoms with Crippen molar-refractivity contribution in [3.63, 3.8) is 0 Å². The molecule has 0 spiro atoms. The molecule has 0 unspecified atom stereocenters. The number of para-hydroxylation sites is 2. The van der Waals surface area contributed by atoms with Crippen LogP contribution in [0.25, 0.3) is 0 Å². The molecular formula is C19H22N4O4S. The average molecular weight is 402 g/mol. The summed E-state index contributed by atoms with van der Waals surface area (Å²) < 4.78 is 0. The highest BCUT2D eigenvalue weighted by Crippen LogP contribution is 2.23. The molecule has 1 N–H and O–H groups in total. The SMILES string of the molecule is Cc1ccc(C(=O)N2CCN(C(=O)CCNc3ccccc3[N+](=O)[O-])CC2)s1. The van der Waals surface area contributed by atoms with Crippen LogP contribution in [-0.2, 0) is 4.79 Å². The topological polar surface area (TPSA) is 95.8 Å². The lowest BCUT2D eigenvalue weighted by atomic mass is 10.2. The van der Waals surface area contributed by atoms with Crippen LogP contribution in [0.4, 0.5) is 11.4 Å². The zero-order chi connectivity index (χ0) is 20.1. The minimum absolute atomic E-state index is 0.00844. The van der Waals surface area contributed by atoms with E-state index in [9.17, 15) is 19.7 Å². The Kier molecular flexibility index (Phi) is 6.25. The van der Waals surface area contributed by atoms with Crippen molar-refractivity contribution >= 4 is 34.5 Å². The minimum atomic E-state index is -0.449. The molecular weight excluding hydrogens is 380 g/mol. The summed E-state index contributed by atoms with van der Waals surface area (Å²) in [6, 6.07) is 10.1. The number of nitro benzene ring substituents is 1. The molecule has 0 bridgehead atoms. The molecule has 1 fully saturated rings. The highest BCUT2D eigenvalue weighted by atomic mass is 32.1. The summed E-state index contributed by atoms with van der Waals surface area (Å²) in [4.78, 5) is 40.8. The van der Waals surface area contributed by atoms with Gasteiger partial charge in [-0.25, -0.2) is 0 Å². The fourth-order valence-electron chi connectivity index (χ4n) is 3.11. The van der Waals surface area contributed by atoms with Crippen molar-refractivity contribution < 1.29 is 14.5 Å². The van der Waals surface area contributed by atoms with Crippen LogP contribution in [0.2, 0.25) is 0 Å². The van der Waals surface area contributed by atoms with E-state index in [0.717, 1.165) is 9.75 Å². The third kappa shape index (κ3) is 4.66. The van der Waals surface area contributed by atoms with Gasteiger partial charge >= 0.3 is 0 Å². The summed E-state index contributed by atoms with van der Waals surface area (Å²) in [5.74, 6) is -0.00611. The highest BCUT2D eigenvalue weighted by molar-refractivity contribution is 7.13. The summed E-state index contributed by atoms with van der Waals surface area (Å²) in [6.07, 6.45) is 0.240. The van der Waals surface area contributed by atoms with Gasteiger partial charge in [-0.2, -0.15) is 0 Å². The molecule has 148 valence electrons. The number of piperazine rings is 1. The number of carbonyl (C=O) groups is 2. The lowest BCUT2D eigenvalue weighted by molar-refractivity contribution is -0.384. The second-order valence-electron chi connectivity index (χ2n) is 6.53. The minimum Gasteiger partial charge on any atom is -0.379 e. The molecule has 1 aliphatic heterocycles. The molecule has 2 heterocycles. The molecule has 0 saturated carbocycles. The first-order valence-corrected chi connectivity index (χ1v) is 9.88. The number of rotatable bonds is 6. The number of amides is 2. The molecule has 28 heavy (non-hydrogen) atoms. The van der Waals surface area contributed by atoms with Crippen molar-refractivity contribution in [2.45, 2.75) is 13.3 Å². The Morgan fingerprint density at radius 1 is 1.11 bits per heavy atom. The quantitative estimate of drug-likeness (QED) is 0.592. The van der Waals surface area contributed by atoms with Gasteiger partial charge in [0.05, 0.1) is 9.80 Å². The molecule has 0 atom stereocenters. The number of nitrogens with one attached hydrogen (secondary N) is 1. The number of thiophene rings is 1. The Hall–Kier alpha value is -2.94. The number of aryl methyl sites for hydroxylation is 1. The third-order valence-electron chi connectivity index (χ3n) is 4.63. The molecule has 9 heteroatoms. The summed E-state index contributed by atoms with van der Waals surface area (Å²) in [7, 11) is 0. The summed E-state index contributed by atoms with van der Waals surface area (Å²) in [5.41, 5.74) is 0.396. The van der Waals surface area contributed by atoms with Gasteiger partial charge in [-0.05, 0) is 25.1 Å². The third-order valence-corrected chi connectivity index (χ3v) is 5.61. The van der Waals surface area contributed by atoms with Crippen molar-refractivity contribution in [2.24, 2.45) is 0 Å². The predicted molar refractivity (Wildman–Crippen MR) is 108 cm³/mol. The van der Waals surface area contributed by atoms with E-state index in [4.69, 9.17) is 0 Å². The van der Waals surface area contributed by atoms with E-state index >= 15 is 0 Å². The van der Waals surface area contributed by atoms with Crippen molar-refractivity contribution in [1.29, 1.82) is 0 Å². The van der Waals surface area contributed by atoms with E-state index in [2.05, 4.69) is 5.32 Å². The van der Waals surface area contributed by atoms with Gasteiger partial charge in [0.1, 0.15) is 5.69 Å². The second-order valence-corrected chi connectivity index (χ2v) is 7.82. The van der Waals surface area contributed by atoms with Gasteiger partial charge < -0.3 is 15.1 Å². The monoisotopic (exact) mass is 402 g/mol. The molecule has 8 nitrogen and oxygen atoms in total. The summed E-state index contributed by atoms with van der Waals surface area (Å²) >= 11 is 1.48. The number of nitro groups is 1. The summed E-state index contributed by atoms with van der Waals surface area (Å²) in [6.45, 7) is 4.31. The van der Waals surface area contributed by atoms with Gasteiger partial charge in [-0.3, -0.25) is 19.7 Å². The number of anilines is 1. The van der Waals surface area contributed by atoms with Crippen LogP contribution in [0.1, 0.15) is 21.0 Å². The van der Waals surface area contributed by atoms with Crippen molar-refractivity contribution in [3.05, 3.63) is 56.3 Å². The molecule has 1 aromatic heterocycles. The first kappa shape index (κ1) is 19.8. The van der Waals surface area contributed by atoms with E-state index in [1.54, 1.807) is 28.0 Å². The number of carbonyl (C=O) groups excluding carboxylic acids is 2. The van der Waals surface area contributed by atoms with E-state index in [0.29, 0.717) is 38.4 Å². The molecule has 0 aliphatic carbocycles. The van der Waals surface area contributed by atoms with E-state index in [1.165, 1.54) is 17.4 Å². The molecule has 1 aromatic carbocycles. The van der Waals surface area contributed by atoms with Gasteiger partial charge in [0.15, 0.2) is 0 Å². The van der Waals surface area contributed by atoms with Crippen LogP contribution >= 0.6 is 11.3 Å². The highest BCUT2D eigenvalue weighted by Gasteiger charge is 2.25. The smallest absolute Gasteiger partial charge is 0.292 e. The van der Waals surface area contributed by atoms with E-state index < -0.39 is 4.92 Å². The largest absolute Gasteiger partial charge is 0.379 e. The Morgan fingerprint density at radius 2 is 1.79 bits per heavy atom. The maximum atomic E-state index is 12.5. The van der Waals surface area contributed by atoms with Crippen molar-refractivity contribution in [1.82, 2.24) is 9.80 Å². The van der Waals surface area contributed by atoms with E-state index in [-0.39, 0.29) is 23.9 Å². The van der Waals surface area contributed by atoms with Crippen LogP contribution in [-0.4, -0.2) is 59.3 Å². The lowest BCUT2D eigenvalue weighted by Gasteiger charge is -2.34. The molecule has 3 rings (SSSR count). The molecule has 1 saturated heterocycles. The number of hydrogen-bond acceptors (Lipinski definition) is 6. The van der Waals surface area contributed by atoms with Crippen molar-refractivity contribution in [3.8, 4) is 0 Å². The van der Waals surface area contributed by atoms with Crippen LogP contribution < -0.4 is 5.32 Å². The Labute approximate surface area is 166 Å². The molecule has 0 radical (unpaired) electrons. The standard InChI is InChI=1S/C19H22N4O4S/c1-14-6-7-17(28-14)19(25)22-12-10-21(11-13-22)18(24)8-9-20-15-4-2-3-5-16(15)23(26)27/h2-7,20H,8-13H2,1H3. The molecule has 2 aromatic rings. The van der Waals surface area contributed by atoms with E-state index in [1.807, 2.05) is 19.1 Å². The number of nitrogens with zero attached hydrogens (tertiary/aromatic N) is 3. The Morgan fingerprint density at radius 3 is 2.43 bits per heavy atom. The van der Waals surface area contributed by atoms with Gasteiger partial charge in [0.2, 0.25) is 5.91 Å². The fraction of sp³-hybridized carbons (Fsp3) is 0.368. The number of hydrogen-bond donors (Lipinski definition) is 1. The normalized spacial score (nSPS) is 14.0. The van der Waals surface area contributed by atoms with Gasteiger partial charge in [-0.15, -0.1) is 11.3 Å². The van der Waals surface area contributed by atoms with Crippen molar-refractivity contribution in [2.75, 3.05) is 38.0 Å². The summed E-state index contributed by atoms with van der Waals surface area (Å²) in [5, 5.41) is 14.0. The Bertz CT molecular complexity index is 874. The molecule has 1 aliphatic rings. The van der Waals surface area contributed by atoms with Gasteiger partial charge in [0.25, 0.3) is 11.6 Å². The maximum Gasteiger partial charge on any atom is 0.292 e. The zero-order valence-corrected chi connectivity index (χ0v) is 16.4. The fourth-order valence-corrected chi connectivity index (χ4v) is 3.94. The zero-order valence-electron chi connectivity index (χ0n) is 15.6. The molecule has 2 amide bonds. The predicted octanol–water partition coefficient (Wildman–Crippen LogP) is 2.75. The van der Waals surface area contributed by atoms with Crippen LogP contribution in [0, 0.1) is 17.0 Å². The van der Waals surface area contributed by atoms with Gasteiger partial charge in [-0.1, -0.05) is 12.1 Å². The average Bonchev–Trinajstić information content (AvgIpc) is 3.14. The number of benzene rings is 1. The maximum absolute atomic E-state index is 12.5. The van der Waals surface area contributed by atoms with Gasteiger partial charge in [0, 0.05) is 50.1 Å². The first-order valence-electron chi connectivity index (χ1n) is 9.06. The lowest BCUT2D eigenvalue weighted by Crippen LogP contribution is -2.50. The van der Waals surface area contributed by atoms with Crippen LogP contribution in [0.5, 0.6) is 0 Å². The van der Waals surface area contributed by atoms with Crippen LogP contribution in [0.3, 0.4) is 0 Å². The Balaban J connectivity index is 1.45. The van der Waals surface area contributed by atoms with Crippen LogP contribution in [0.15, 0.2) is 36.4 Å².